The number of rotatable bonds is 5. The van der Waals surface area contributed by atoms with Gasteiger partial charge in [-0.05, 0) is 47.3 Å². The lowest BCUT2D eigenvalue weighted by atomic mass is 10.1. The predicted molar refractivity (Wildman–Crippen MR) is 120 cm³/mol. The molecule has 0 bridgehead atoms. The maximum absolute atomic E-state index is 5.47. The van der Waals surface area contributed by atoms with Gasteiger partial charge in [-0.1, -0.05) is 0 Å². The van der Waals surface area contributed by atoms with E-state index in [-0.39, 0.29) is 6.79 Å². The summed E-state index contributed by atoms with van der Waals surface area (Å²) in [6, 6.07) is 3.75. The minimum Gasteiger partial charge on any atom is -0.454 e. The molecule has 1 aromatic carbocycles. The van der Waals surface area contributed by atoms with E-state index in [9.17, 15) is 0 Å². The van der Waals surface area contributed by atoms with Crippen LogP contribution in [0.25, 0.3) is 0 Å². The Balaban J connectivity index is 1.37. The van der Waals surface area contributed by atoms with Crippen LogP contribution in [0.15, 0.2) is 21.7 Å². The summed E-state index contributed by atoms with van der Waals surface area (Å²) >= 11 is 3.54. The third-order valence-corrected chi connectivity index (χ3v) is 6.09. The third-order valence-electron chi connectivity index (χ3n) is 5.40. The van der Waals surface area contributed by atoms with Gasteiger partial charge in [-0.3, -0.25) is 0 Å². The van der Waals surface area contributed by atoms with Gasteiger partial charge in [0.1, 0.15) is 0 Å². The van der Waals surface area contributed by atoms with Gasteiger partial charge in [-0.15, -0.1) is 0 Å². The average Bonchev–Trinajstić information content (AvgIpc) is 3.27. The summed E-state index contributed by atoms with van der Waals surface area (Å²) in [7, 11) is 0. The fourth-order valence-corrected chi connectivity index (χ4v) is 4.16. The minimum absolute atomic E-state index is 0.231. The van der Waals surface area contributed by atoms with Crippen molar-refractivity contribution < 1.29 is 14.2 Å². The number of nitrogens with zero attached hydrogens (tertiary/aromatic N) is 6. The van der Waals surface area contributed by atoms with Crippen molar-refractivity contribution in [3.8, 4) is 11.5 Å². The molecule has 31 heavy (non-hydrogen) atoms. The van der Waals surface area contributed by atoms with Crippen LogP contribution in [0.2, 0.25) is 0 Å². The summed E-state index contributed by atoms with van der Waals surface area (Å²) in [5.74, 6) is 3.19. The van der Waals surface area contributed by atoms with Crippen LogP contribution in [0.4, 0.5) is 17.8 Å². The second-order valence-electron chi connectivity index (χ2n) is 7.50. The smallest absolute Gasteiger partial charge is 0.250 e. The van der Waals surface area contributed by atoms with E-state index in [4.69, 9.17) is 19.2 Å². The van der Waals surface area contributed by atoms with Crippen molar-refractivity contribution in [2.24, 2.45) is 5.10 Å². The van der Waals surface area contributed by atoms with Gasteiger partial charge < -0.3 is 24.0 Å². The molecule has 1 N–H and O–H groups in total. The van der Waals surface area contributed by atoms with E-state index in [1.165, 1.54) is 6.42 Å². The lowest BCUT2D eigenvalue weighted by molar-refractivity contribution is 0.122. The molecule has 2 aromatic rings. The summed E-state index contributed by atoms with van der Waals surface area (Å²) in [4.78, 5) is 18.3. The molecule has 0 radical (unpaired) electrons. The summed E-state index contributed by atoms with van der Waals surface area (Å²) in [5, 5.41) is 4.35. The molecule has 5 rings (SSSR count). The number of hydrogen-bond donors (Lipinski definition) is 1. The quantitative estimate of drug-likeness (QED) is 0.501. The highest BCUT2D eigenvalue weighted by atomic mass is 79.9. The van der Waals surface area contributed by atoms with E-state index in [2.05, 4.69) is 46.2 Å². The largest absolute Gasteiger partial charge is 0.454 e. The Morgan fingerprint density at radius 3 is 2.32 bits per heavy atom. The fraction of sp³-hybridized carbons (Fsp3) is 0.500. The van der Waals surface area contributed by atoms with Crippen LogP contribution in [-0.2, 0) is 4.74 Å². The zero-order valence-corrected chi connectivity index (χ0v) is 18.7. The molecule has 0 spiro atoms. The van der Waals surface area contributed by atoms with Crippen molar-refractivity contribution in [3.63, 3.8) is 0 Å². The molecule has 0 amide bonds. The van der Waals surface area contributed by atoms with Crippen molar-refractivity contribution in [2.75, 3.05) is 61.4 Å². The van der Waals surface area contributed by atoms with Crippen molar-refractivity contribution in [1.82, 2.24) is 15.0 Å². The second kappa shape index (κ2) is 9.23. The molecule has 2 fully saturated rings. The Hall–Kier alpha value is -2.66. The molecule has 0 unspecified atom stereocenters. The highest BCUT2D eigenvalue weighted by Gasteiger charge is 2.20. The Morgan fingerprint density at radius 1 is 0.903 bits per heavy atom. The molecule has 0 saturated carbocycles. The normalized spacial score (nSPS) is 18.6. The molecule has 2 saturated heterocycles. The molecule has 0 atom stereocenters. The lowest BCUT2D eigenvalue weighted by Crippen LogP contribution is -2.38. The molecule has 164 valence electrons. The van der Waals surface area contributed by atoms with E-state index in [0.717, 1.165) is 54.8 Å². The Bertz CT molecular complexity index is 926. The monoisotopic (exact) mass is 489 g/mol. The van der Waals surface area contributed by atoms with E-state index in [0.29, 0.717) is 36.8 Å². The second-order valence-corrected chi connectivity index (χ2v) is 8.36. The standard InChI is InChI=1S/C20H24BrN7O3/c21-15-11-17-16(30-13-31-17)10-14(15)12-22-26-18-23-19(27-4-2-1-3-5-27)25-20(24-18)28-6-8-29-9-7-28/h10-12H,1-9,13H2,(H,23,24,25,26)/b22-12-. The number of hydrazone groups is 1. The molecule has 1 aromatic heterocycles. The van der Waals surface area contributed by atoms with Crippen LogP contribution in [0.1, 0.15) is 24.8 Å². The maximum Gasteiger partial charge on any atom is 0.250 e. The van der Waals surface area contributed by atoms with Gasteiger partial charge >= 0.3 is 0 Å². The van der Waals surface area contributed by atoms with Crippen LogP contribution in [0.3, 0.4) is 0 Å². The number of ether oxygens (including phenoxy) is 3. The first-order valence-corrected chi connectivity index (χ1v) is 11.3. The molecule has 3 aliphatic heterocycles. The van der Waals surface area contributed by atoms with Gasteiger partial charge in [0.05, 0.1) is 19.4 Å². The van der Waals surface area contributed by atoms with Crippen LogP contribution in [0, 0.1) is 0 Å². The Morgan fingerprint density at radius 2 is 1.58 bits per heavy atom. The van der Waals surface area contributed by atoms with Crippen molar-refractivity contribution in [1.29, 1.82) is 0 Å². The summed E-state index contributed by atoms with van der Waals surface area (Å²) in [6.07, 6.45) is 5.25. The van der Waals surface area contributed by atoms with Gasteiger partial charge in [-0.2, -0.15) is 20.1 Å². The predicted octanol–water partition coefficient (Wildman–Crippen LogP) is 2.64. The van der Waals surface area contributed by atoms with Crippen LogP contribution >= 0.6 is 15.9 Å². The Kier molecular flexibility index (Phi) is 6.03. The number of morpholine rings is 1. The van der Waals surface area contributed by atoms with Gasteiger partial charge in [-0.25, -0.2) is 5.43 Å². The number of hydrogen-bond acceptors (Lipinski definition) is 10. The van der Waals surface area contributed by atoms with Gasteiger partial charge in [0.15, 0.2) is 11.5 Å². The van der Waals surface area contributed by atoms with E-state index >= 15 is 0 Å². The first-order chi connectivity index (χ1) is 15.3. The van der Waals surface area contributed by atoms with E-state index < -0.39 is 0 Å². The molecule has 10 nitrogen and oxygen atoms in total. The average molecular weight is 490 g/mol. The van der Waals surface area contributed by atoms with E-state index in [1.54, 1.807) is 6.21 Å². The van der Waals surface area contributed by atoms with Gasteiger partial charge in [0.2, 0.25) is 24.6 Å². The number of anilines is 3. The fourth-order valence-electron chi connectivity index (χ4n) is 3.74. The van der Waals surface area contributed by atoms with Crippen molar-refractivity contribution >= 4 is 40.0 Å². The highest BCUT2D eigenvalue weighted by Crippen LogP contribution is 2.36. The zero-order chi connectivity index (χ0) is 21.0. The van der Waals surface area contributed by atoms with Crippen LogP contribution in [0.5, 0.6) is 11.5 Å². The summed E-state index contributed by atoms with van der Waals surface area (Å²) in [5.41, 5.74) is 3.83. The minimum atomic E-state index is 0.231. The van der Waals surface area contributed by atoms with E-state index in [1.807, 2.05) is 12.1 Å². The number of piperidine rings is 1. The topological polar surface area (TPSA) is 97.2 Å². The van der Waals surface area contributed by atoms with Crippen LogP contribution in [-0.4, -0.2) is 67.4 Å². The highest BCUT2D eigenvalue weighted by molar-refractivity contribution is 9.10. The van der Waals surface area contributed by atoms with Gasteiger partial charge in [0, 0.05) is 36.2 Å². The SMILES string of the molecule is Brc1cc2c(cc1/C=N\Nc1nc(N3CCCCC3)nc(N3CCOCC3)n1)OCO2. The number of nitrogens with one attached hydrogen (secondary N) is 1. The van der Waals surface area contributed by atoms with Crippen molar-refractivity contribution in [2.45, 2.75) is 19.3 Å². The zero-order valence-electron chi connectivity index (χ0n) is 17.1. The summed E-state index contributed by atoms with van der Waals surface area (Å²) in [6.45, 7) is 5.01. The maximum atomic E-state index is 5.47. The molecule has 0 aliphatic carbocycles. The lowest BCUT2D eigenvalue weighted by Gasteiger charge is -2.30. The first-order valence-electron chi connectivity index (χ1n) is 10.5. The number of fused-ring (bicyclic) bond motifs is 1. The number of halogens is 1. The number of aromatic nitrogens is 3. The molecular weight excluding hydrogens is 466 g/mol. The molecule has 4 heterocycles. The number of benzene rings is 1. The summed E-state index contributed by atoms with van der Waals surface area (Å²) < 4.78 is 17.2. The Labute approximate surface area is 188 Å². The van der Waals surface area contributed by atoms with Crippen molar-refractivity contribution in [3.05, 3.63) is 22.2 Å². The first kappa shape index (κ1) is 20.3. The molecule has 11 heteroatoms. The van der Waals surface area contributed by atoms with Gasteiger partial charge in [0.25, 0.3) is 0 Å². The molecular formula is C20H24BrN7O3. The third kappa shape index (κ3) is 4.67. The van der Waals surface area contributed by atoms with Crippen LogP contribution < -0.4 is 24.7 Å². The molecule has 3 aliphatic rings.